The zero-order chi connectivity index (χ0) is 19.5. The van der Waals surface area contributed by atoms with Crippen molar-refractivity contribution in [1.82, 2.24) is 10.2 Å². The number of carbonyl (C=O) groups is 4. The zero-order valence-corrected chi connectivity index (χ0v) is 15.3. The fraction of sp³-hybridized carbons (Fsp3) is 0.444. The van der Waals surface area contributed by atoms with Gasteiger partial charge in [-0.15, -0.1) is 0 Å². The van der Waals surface area contributed by atoms with E-state index >= 15 is 0 Å². The van der Waals surface area contributed by atoms with Gasteiger partial charge in [-0.25, -0.2) is 4.79 Å². The molecule has 2 rings (SSSR count). The van der Waals surface area contributed by atoms with Crippen LogP contribution in [0.2, 0.25) is 0 Å². The number of rotatable bonds is 6. The van der Waals surface area contributed by atoms with Crippen LogP contribution in [0.15, 0.2) is 24.3 Å². The van der Waals surface area contributed by atoms with Gasteiger partial charge < -0.3 is 15.4 Å². The van der Waals surface area contributed by atoms with Crippen molar-refractivity contribution < 1.29 is 23.9 Å². The molecule has 140 valence electrons. The van der Waals surface area contributed by atoms with E-state index in [1.165, 1.54) is 6.92 Å². The Bertz CT molecular complexity index is 727. The molecule has 26 heavy (non-hydrogen) atoms. The lowest BCUT2D eigenvalue weighted by Gasteiger charge is -2.17. The summed E-state index contributed by atoms with van der Waals surface area (Å²) in [4.78, 5) is 48.7. The Morgan fingerprint density at radius 3 is 2.35 bits per heavy atom. The Balaban J connectivity index is 1.88. The standard InChI is InChI=1S/C18H23N3O5/c1-5-12-6-8-13(9-7-12)19-15(23)11(2)26-14(22)10-21-16(24)18(3,4)20-17(21)25/h6-9,11H,5,10H2,1-4H3,(H,19,23)(H,20,25)/t11-/m0/s1. The predicted molar refractivity (Wildman–Crippen MR) is 94.3 cm³/mol. The van der Waals surface area contributed by atoms with Crippen LogP contribution in [0.1, 0.15) is 33.3 Å². The van der Waals surface area contributed by atoms with Crippen LogP contribution in [-0.2, 0) is 25.5 Å². The summed E-state index contributed by atoms with van der Waals surface area (Å²) >= 11 is 0. The van der Waals surface area contributed by atoms with Gasteiger partial charge in [0.05, 0.1) is 0 Å². The van der Waals surface area contributed by atoms with Crippen LogP contribution in [0.4, 0.5) is 10.5 Å². The van der Waals surface area contributed by atoms with Crippen LogP contribution in [0, 0.1) is 0 Å². The molecule has 1 aromatic carbocycles. The molecular formula is C18H23N3O5. The Kier molecular flexibility index (Phi) is 5.64. The molecule has 0 saturated carbocycles. The Labute approximate surface area is 151 Å². The molecule has 1 aromatic rings. The number of aryl methyl sites for hydroxylation is 1. The van der Waals surface area contributed by atoms with Crippen molar-refractivity contribution in [1.29, 1.82) is 0 Å². The van der Waals surface area contributed by atoms with Crippen LogP contribution in [0.25, 0.3) is 0 Å². The van der Waals surface area contributed by atoms with Crippen molar-refractivity contribution in [3.05, 3.63) is 29.8 Å². The first kappa shape index (κ1) is 19.4. The molecule has 0 radical (unpaired) electrons. The molecule has 1 aliphatic rings. The van der Waals surface area contributed by atoms with Crippen molar-refractivity contribution >= 4 is 29.5 Å². The smallest absolute Gasteiger partial charge is 0.327 e. The molecule has 0 aliphatic carbocycles. The molecule has 1 heterocycles. The number of benzene rings is 1. The monoisotopic (exact) mass is 361 g/mol. The summed E-state index contributed by atoms with van der Waals surface area (Å²) in [6.45, 7) is 5.99. The van der Waals surface area contributed by atoms with Gasteiger partial charge in [-0.1, -0.05) is 19.1 Å². The van der Waals surface area contributed by atoms with Crippen LogP contribution >= 0.6 is 0 Å². The number of hydrogen-bond acceptors (Lipinski definition) is 5. The van der Waals surface area contributed by atoms with Gasteiger partial charge in [0.15, 0.2) is 6.10 Å². The van der Waals surface area contributed by atoms with E-state index in [-0.39, 0.29) is 0 Å². The molecule has 8 nitrogen and oxygen atoms in total. The van der Waals surface area contributed by atoms with Crippen molar-refractivity contribution in [2.75, 3.05) is 11.9 Å². The van der Waals surface area contributed by atoms with Crippen molar-refractivity contribution in [3.8, 4) is 0 Å². The number of anilines is 1. The fourth-order valence-corrected chi connectivity index (χ4v) is 2.45. The van der Waals surface area contributed by atoms with Gasteiger partial charge in [0.1, 0.15) is 12.1 Å². The number of amides is 4. The van der Waals surface area contributed by atoms with Crippen molar-refractivity contribution in [2.24, 2.45) is 0 Å². The fourth-order valence-electron chi connectivity index (χ4n) is 2.45. The molecule has 8 heteroatoms. The van der Waals surface area contributed by atoms with E-state index in [1.54, 1.807) is 26.0 Å². The lowest BCUT2D eigenvalue weighted by Crippen LogP contribution is -2.42. The molecule has 2 N–H and O–H groups in total. The van der Waals surface area contributed by atoms with E-state index in [4.69, 9.17) is 4.74 Å². The predicted octanol–water partition coefficient (Wildman–Crippen LogP) is 1.45. The van der Waals surface area contributed by atoms with Gasteiger partial charge in [-0.2, -0.15) is 0 Å². The minimum atomic E-state index is -1.07. The van der Waals surface area contributed by atoms with E-state index in [9.17, 15) is 19.2 Å². The Morgan fingerprint density at radius 2 is 1.85 bits per heavy atom. The molecule has 4 amide bonds. The number of nitrogens with zero attached hydrogens (tertiary/aromatic N) is 1. The van der Waals surface area contributed by atoms with E-state index < -0.39 is 42.0 Å². The summed E-state index contributed by atoms with van der Waals surface area (Å²) in [5, 5.41) is 5.11. The Morgan fingerprint density at radius 1 is 1.23 bits per heavy atom. The van der Waals surface area contributed by atoms with Crippen LogP contribution < -0.4 is 10.6 Å². The maximum absolute atomic E-state index is 12.1. The van der Waals surface area contributed by atoms with Crippen LogP contribution in [0.3, 0.4) is 0 Å². The normalized spacial score (nSPS) is 16.8. The van der Waals surface area contributed by atoms with E-state index in [0.717, 1.165) is 16.9 Å². The summed E-state index contributed by atoms with van der Waals surface area (Å²) < 4.78 is 5.03. The first-order valence-corrected chi connectivity index (χ1v) is 8.37. The number of ether oxygens (including phenoxy) is 1. The van der Waals surface area contributed by atoms with Gasteiger partial charge in [-0.3, -0.25) is 19.3 Å². The summed E-state index contributed by atoms with van der Waals surface area (Å²) in [7, 11) is 0. The summed E-state index contributed by atoms with van der Waals surface area (Å²) in [6, 6.07) is 6.66. The number of esters is 1. The third-order valence-corrected chi connectivity index (χ3v) is 4.04. The molecule has 1 saturated heterocycles. The second-order valence-corrected chi connectivity index (χ2v) is 6.62. The molecule has 0 spiro atoms. The minimum absolute atomic E-state index is 0.500. The van der Waals surface area contributed by atoms with Gasteiger partial charge in [0.2, 0.25) is 0 Å². The number of urea groups is 1. The van der Waals surface area contributed by atoms with E-state index in [0.29, 0.717) is 5.69 Å². The van der Waals surface area contributed by atoms with Gasteiger partial charge in [0.25, 0.3) is 11.8 Å². The van der Waals surface area contributed by atoms with Gasteiger partial charge >= 0.3 is 12.0 Å². The topological polar surface area (TPSA) is 105 Å². The first-order chi connectivity index (χ1) is 12.1. The van der Waals surface area contributed by atoms with Gasteiger partial charge in [0, 0.05) is 5.69 Å². The maximum Gasteiger partial charge on any atom is 0.327 e. The summed E-state index contributed by atoms with van der Waals surface area (Å²) in [6.07, 6.45) is -0.177. The van der Waals surface area contributed by atoms with Crippen molar-refractivity contribution in [2.45, 2.75) is 45.8 Å². The first-order valence-electron chi connectivity index (χ1n) is 8.37. The molecule has 1 atom stereocenters. The van der Waals surface area contributed by atoms with E-state index in [2.05, 4.69) is 10.6 Å². The zero-order valence-electron chi connectivity index (χ0n) is 15.3. The molecule has 0 unspecified atom stereocenters. The Hall–Kier alpha value is -2.90. The number of hydrogen-bond donors (Lipinski definition) is 2. The molecular weight excluding hydrogens is 338 g/mol. The molecule has 1 fully saturated rings. The minimum Gasteiger partial charge on any atom is -0.451 e. The molecule has 0 bridgehead atoms. The number of nitrogens with one attached hydrogen (secondary N) is 2. The third kappa shape index (κ3) is 4.38. The quantitative estimate of drug-likeness (QED) is 0.589. The largest absolute Gasteiger partial charge is 0.451 e. The molecule has 1 aliphatic heterocycles. The summed E-state index contributed by atoms with van der Waals surface area (Å²) in [5.74, 6) is -1.86. The highest BCUT2D eigenvalue weighted by Crippen LogP contribution is 2.16. The lowest BCUT2D eigenvalue weighted by molar-refractivity contribution is -0.155. The summed E-state index contributed by atoms with van der Waals surface area (Å²) in [5.41, 5.74) is 0.662. The average Bonchev–Trinajstić information content (AvgIpc) is 2.77. The van der Waals surface area contributed by atoms with E-state index in [1.807, 2.05) is 19.1 Å². The second kappa shape index (κ2) is 7.55. The maximum atomic E-state index is 12.1. The molecule has 0 aromatic heterocycles. The lowest BCUT2D eigenvalue weighted by atomic mass is 10.1. The highest BCUT2D eigenvalue weighted by atomic mass is 16.5. The SMILES string of the molecule is CCc1ccc(NC(=O)[C@H](C)OC(=O)CN2C(=O)NC(C)(C)C2=O)cc1. The van der Waals surface area contributed by atoms with Crippen LogP contribution in [0.5, 0.6) is 0 Å². The highest BCUT2D eigenvalue weighted by Gasteiger charge is 2.45. The highest BCUT2D eigenvalue weighted by molar-refractivity contribution is 6.08. The number of carbonyl (C=O) groups excluding carboxylic acids is 4. The second-order valence-electron chi connectivity index (χ2n) is 6.62. The van der Waals surface area contributed by atoms with Gasteiger partial charge in [-0.05, 0) is 44.9 Å². The van der Waals surface area contributed by atoms with Crippen LogP contribution in [-0.4, -0.2) is 46.9 Å². The van der Waals surface area contributed by atoms with Crippen molar-refractivity contribution in [3.63, 3.8) is 0 Å². The number of imide groups is 1. The average molecular weight is 361 g/mol. The third-order valence-electron chi connectivity index (χ3n) is 4.04.